The molecule has 0 aliphatic carbocycles. The number of H-pyrrole nitrogens is 1. The molecule has 0 saturated heterocycles. The lowest BCUT2D eigenvalue weighted by Gasteiger charge is -2.18. The van der Waals surface area contributed by atoms with Crippen molar-refractivity contribution in [3.63, 3.8) is 0 Å². The van der Waals surface area contributed by atoms with Crippen molar-refractivity contribution >= 4 is 23.9 Å². The summed E-state index contributed by atoms with van der Waals surface area (Å²) in [6.45, 7) is 12.3. The Hall–Kier alpha value is -4.17. The van der Waals surface area contributed by atoms with E-state index < -0.39 is 0 Å². The molecule has 0 spiro atoms. The molecular weight excluding hydrogens is 506 g/mol. The lowest BCUT2D eigenvalue weighted by Crippen LogP contribution is -2.34. The van der Waals surface area contributed by atoms with Crippen LogP contribution in [-0.2, 0) is 16.6 Å². The first kappa shape index (κ1) is 27.9. The van der Waals surface area contributed by atoms with Gasteiger partial charge in [-0.2, -0.15) is 9.67 Å². The molecule has 1 aromatic heterocycles. The van der Waals surface area contributed by atoms with Crippen LogP contribution in [0.15, 0.2) is 89.6 Å². The van der Waals surface area contributed by atoms with E-state index in [1.165, 1.54) is 23.5 Å². The molecule has 4 rings (SSSR count). The predicted octanol–water partition coefficient (Wildman–Crippen LogP) is 5.64. The van der Waals surface area contributed by atoms with Gasteiger partial charge in [0.1, 0.15) is 11.4 Å². The van der Waals surface area contributed by atoms with Crippen LogP contribution in [0.3, 0.4) is 0 Å². The standard InChI is InChI=1S/C31H33N5O2S/c1-6-8-22-9-7-10-24(28(22)38)19-32-33-27(37)20-39-30-35-34-29(36(30)26-17-11-21(2)12-18-26)23-13-15-25(16-14-23)31(3,4)5/h6-7,9-19H,1,8,20H2,2-5H3,(H2,32,33,37,38)/p+1. The number of hydrogen-bond acceptors (Lipinski definition) is 5. The summed E-state index contributed by atoms with van der Waals surface area (Å²) in [5, 5.41) is 22.8. The summed E-state index contributed by atoms with van der Waals surface area (Å²) < 4.78 is 2.02. The molecule has 1 amide bonds. The minimum atomic E-state index is -0.285. The second kappa shape index (κ2) is 12.1. The molecule has 0 radical (unpaired) electrons. The van der Waals surface area contributed by atoms with Crippen LogP contribution < -0.4 is 9.99 Å². The zero-order valence-electron chi connectivity index (χ0n) is 22.7. The fourth-order valence-electron chi connectivity index (χ4n) is 4.02. The van der Waals surface area contributed by atoms with Gasteiger partial charge in [0.2, 0.25) is 0 Å². The Morgan fingerprint density at radius 3 is 2.51 bits per heavy atom. The molecule has 0 unspecified atom stereocenters. The second-order valence-corrected chi connectivity index (χ2v) is 11.2. The molecular formula is C31H34N5O2S+. The van der Waals surface area contributed by atoms with Gasteiger partial charge in [0.25, 0.3) is 11.7 Å². The van der Waals surface area contributed by atoms with Crippen LogP contribution in [-0.4, -0.2) is 33.2 Å². The number of para-hydroxylation sites is 1. The SMILES string of the molecule is C=CCc1cccc(/C=N/NC(=O)CSc2n[nH]c(-c3ccc(C(C)(C)C)cc3)[n+]2-c2ccc(C)cc2)c1O. The number of amides is 1. The molecule has 3 N–H and O–H groups in total. The maximum atomic E-state index is 12.6. The third-order valence-corrected chi connectivity index (χ3v) is 7.17. The Kier molecular flexibility index (Phi) is 8.66. The van der Waals surface area contributed by atoms with Gasteiger partial charge < -0.3 is 5.11 Å². The number of aromatic amines is 1. The maximum Gasteiger partial charge on any atom is 0.342 e. The van der Waals surface area contributed by atoms with Crippen LogP contribution >= 0.6 is 11.8 Å². The first-order valence-corrected chi connectivity index (χ1v) is 13.7. The van der Waals surface area contributed by atoms with E-state index in [1.807, 2.05) is 35.8 Å². The van der Waals surface area contributed by atoms with Gasteiger partial charge in [-0.15, -0.1) is 11.7 Å². The molecule has 0 atom stereocenters. The summed E-state index contributed by atoms with van der Waals surface area (Å²) >= 11 is 1.31. The van der Waals surface area contributed by atoms with E-state index in [4.69, 9.17) is 0 Å². The average molecular weight is 541 g/mol. The summed E-state index contributed by atoms with van der Waals surface area (Å²) in [5.74, 6) is 0.782. The number of thioether (sulfide) groups is 1. The van der Waals surface area contributed by atoms with Gasteiger partial charge in [-0.05, 0) is 72.0 Å². The normalized spacial score (nSPS) is 11.6. The van der Waals surface area contributed by atoms with Gasteiger partial charge >= 0.3 is 5.16 Å². The van der Waals surface area contributed by atoms with Gasteiger partial charge in [-0.3, -0.25) is 4.79 Å². The number of rotatable bonds is 9. The van der Waals surface area contributed by atoms with Crippen LogP contribution in [0, 0.1) is 6.92 Å². The van der Waals surface area contributed by atoms with Gasteiger partial charge in [0.15, 0.2) is 0 Å². The van der Waals surface area contributed by atoms with E-state index in [0.717, 1.165) is 28.2 Å². The van der Waals surface area contributed by atoms with Gasteiger partial charge in [-0.25, -0.2) is 5.43 Å². The number of hydrazone groups is 1. The Labute approximate surface area is 233 Å². The van der Waals surface area contributed by atoms with E-state index in [-0.39, 0.29) is 22.8 Å². The fourth-order valence-corrected chi connectivity index (χ4v) is 4.78. The number of allylic oxidation sites excluding steroid dienone is 1. The van der Waals surface area contributed by atoms with Crippen LogP contribution in [0.5, 0.6) is 5.75 Å². The highest BCUT2D eigenvalue weighted by atomic mass is 32.2. The smallest absolute Gasteiger partial charge is 0.342 e. The zero-order valence-corrected chi connectivity index (χ0v) is 23.5. The van der Waals surface area contributed by atoms with E-state index in [1.54, 1.807) is 12.1 Å². The van der Waals surface area contributed by atoms with Crippen molar-refractivity contribution in [2.45, 2.75) is 44.7 Å². The molecule has 8 heteroatoms. The Morgan fingerprint density at radius 2 is 1.85 bits per heavy atom. The van der Waals surface area contributed by atoms with Crippen molar-refractivity contribution in [1.82, 2.24) is 15.6 Å². The molecule has 0 bridgehead atoms. The third-order valence-electron chi connectivity index (χ3n) is 6.23. The number of nitrogens with one attached hydrogen (secondary N) is 2. The molecule has 7 nitrogen and oxygen atoms in total. The van der Waals surface area contributed by atoms with Gasteiger partial charge in [0.05, 0.1) is 22.6 Å². The monoisotopic (exact) mass is 540 g/mol. The predicted molar refractivity (Wildman–Crippen MR) is 157 cm³/mol. The van der Waals surface area contributed by atoms with E-state index in [2.05, 4.69) is 84.5 Å². The quantitative estimate of drug-likeness (QED) is 0.0843. The number of carbonyl (C=O) groups excluding carboxylic acids is 1. The summed E-state index contributed by atoms with van der Waals surface area (Å²) in [4.78, 5) is 12.6. The topological polar surface area (TPSA) is 94.2 Å². The van der Waals surface area contributed by atoms with Crippen LogP contribution in [0.1, 0.15) is 43.0 Å². The highest BCUT2D eigenvalue weighted by Gasteiger charge is 2.25. The Balaban J connectivity index is 1.52. The molecule has 0 aliphatic rings. The number of aromatic hydroxyl groups is 1. The molecule has 0 saturated carbocycles. The summed E-state index contributed by atoms with van der Waals surface area (Å²) in [6.07, 6.45) is 3.70. The van der Waals surface area contributed by atoms with Gasteiger partial charge in [0, 0.05) is 5.56 Å². The van der Waals surface area contributed by atoms with Crippen molar-refractivity contribution < 1.29 is 14.5 Å². The summed E-state index contributed by atoms with van der Waals surface area (Å²) in [6, 6.07) is 22.0. The molecule has 3 aromatic carbocycles. The number of benzene rings is 3. The van der Waals surface area contributed by atoms with Crippen LogP contribution in [0.25, 0.3) is 17.1 Å². The fraction of sp³-hybridized carbons (Fsp3) is 0.226. The molecule has 200 valence electrons. The zero-order chi connectivity index (χ0) is 28.0. The third kappa shape index (κ3) is 6.83. The van der Waals surface area contributed by atoms with E-state index in [9.17, 15) is 9.90 Å². The molecule has 0 fully saturated rings. The minimum Gasteiger partial charge on any atom is -0.507 e. The van der Waals surface area contributed by atoms with Crippen molar-refractivity contribution in [2.75, 3.05) is 5.75 Å². The highest BCUT2D eigenvalue weighted by Crippen LogP contribution is 2.26. The molecule has 4 aromatic rings. The number of aromatic nitrogens is 3. The van der Waals surface area contributed by atoms with Gasteiger partial charge in [-0.1, -0.05) is 68.8 Å². The van der Waals surface area contributed by atoms with Crippen LogP contribution in [0.2, 0.25) is 0 Å². The Bertz CT molecular complexity index is 1480. The van der Waals surface area contributed by atoms with Crippen molar-refractivity contribution in [2.24, 2.45) is 5.10 Å². The van der Waals surface area contributed by atoms with Crippen LogP contribution in [0.4, 0.5) is 0 Å². The number of carbonyl (C=O) groups is 1. The van der Waals surface area contributed by atoms with E-state index >= 15 is 0 Å². The van der Waals surface area contributed by atoms with Crippen molar-refractivity contribution in [1.29, 1.82) is 0 Å². The number of aryl methyl sites for hydroxylation is 1. The number of hydrogen-bond donors (Lipinski definition) is 3. The first-order valence-electron chi connectivity index (χ1n) is 12.7. The Morgan fingerprint density at radius 1 is 1.13 bits per heavy atom. The minimum absolute atomic E-state index is 0.0590. The summed E-state index contributed by atoms with van der Waals surface area (Å²) in [7, 11) is 0. The lowest BCUT2D eigenvalue weighted by molar-refractivity contribution is -0.625. The largest absolute Gasteiger partial charge is 0.507 e. The highest BCUT2D eigenvalue weighted by molar-refractivity contribution is 7.99. The number of phenolic OH excluding ortho intramolecular Hbond substituents is 1. The van der Waals surface area contributed by atoms with Crippen molar-refractivity contribution in [3.8, 4) is 22.8 Å². The molecule has 39 heavy (non-hydrogen) atoms. The molecule has 0 aliphatic heterocycles. The second-order valence-electron chi connectivity index (χ2n) is 10.3. The summed E-state index contributed by atoms with van der Waals surface area (Å²) in [5.41, 5.74) is 8.22. The average Bonchev–Trinajstić information content (AvgIpc) is 3.33. The molecule has 1 heterocycles. The maximum absolute atomic E-state index is 12.6. The number of phenols is 1. The lowest BCUT2D eigenvalue weighted by atomic mass is 9.87. The number of nitrogens with zero attached hydrogens (tertiary/aromatic N) is 3. The van der Waals surface area contributed by atoms with E-state index in [0.29, 0.717) is 17.1 Å². The van der Waals surface area contributed by atoms with Crippen molar-refractivity contribution in [3.05, 3.63) is 102 Å². The first-order chi connectivity index (χ1) is 18.7.